The van der Waals surface area contributed by atoms with Gasteiger partial charge in [0.15, 0.2) is 0 Å². The van der Waals surface area contributed by atoms with Crippen molar-refractivity contribution in [3.8, 4) is 0 Å². The van der Waals surface area contributed by atoms with Crippen LogP contribution in [-0.4, -0.2) is 49.7 Å². The second-order valence-corrected chi connectivity index (χ2v) is 4.37. The van der Waals surface area contributed by atoms with E-state index in [1.807, 2.05) is 7.05 Å². The summed E-state index contributed by atoms with van der Waals surface area (Å²) >= 11 is 0. The van der Waals surface area contributed by atoms with Crippen LogP contribution in [0.15, 0.2) is 0 Å². The van der Waals surface area contributed by atoms with Gasteiger partial charge < -0.3 is 15.0 Å². The molecule has 0 aliphatic carbocycles. The number of likely N-dealkylation sites (tertiary alicyclic amines) is 1. The molecule has 1 N–H and O–H groups in total. The van der Waals surface area contributed by atoms with Crippen LogP contribution in [0.25, 0.3) is 0 Å². The Morgan fingerprint density at radius 1 is 1.60 bits per heavy atom. The number of nitrogens with zero attached hydrogens (tertiary/aromatic N) is 1. The summed E-state index contributed by atoms with van der Waals surface area (Å²) in [5.41, 5.74) is 0. The topological polar surface area (TPSA) is 41.6 Å². The number of rotatable bonds is 6. The minimum absolute atomic E-state index is 0.131. The first kappa shape index (κ1) is 12.5. The van der Waals surface area contributed by atoms with Crippen LogP contribution in [0.1, 0.15) is 26.7 Å². The lowest BCUT2D eigenvalue weighted by atomic mass is 10.3. The number of hydrogen-bond acceptors (Lipinski definition) is 3. The maximum Gasteiger partial charge on any atom is 0.251 e. The SMILES string of the molecule is CC(C)NCCCOC1CCN(C)C1=O. The molecule has 0 spiro atoms. The summed E-state index contributed by atoms with van der Waals surface area (Å²) in [7, 11) is 1.83. The summed E-state index contributed by atoms with van der Waals surface area (Å²) < 4.78 is 5.54. The highest BCUT2D eigenvalue weighted by molar-refractivity contribution is 5.82. The van der Waals surface area contributed by atoms with Gasteiger partial charge in [-0.3, -0.25) is 4.79 Å². The van der Waals surface area contributed by atoms with Crippen molar-refractivity contribution in [1.82, 2.24) is 10.2 Å². The van der Waals surface area contributed by atoms with Gasteiger partial charge in [0.2, 0.25) is 0 Å². The zero-order valence-electron chi connectivity index (χ0n) is 9.95. The molecule has 0 aromatic rings. The van der Waals surface area contributed by atoms with Crippen molar-refractivity contribution >= 4 is 5.91 Å². The zero-order valence-corrected chi connectivity index (χ0v) is 9.95. The van der Waals surface area contributed by atoms with Gasteiger partial charge in [-0.1, -0.05) is 13.8 Å². The van der Waals surface area contributed by atoms with E-state index in [1.165, 1.54) is 0 Å². The molecule has 1 aliphatic heterocycles. The second-order valence-electron chi connectivity index (χ2n) is 4.37. The maximum atomic E-state index is 11.5. The number of likely N-dealkylation sites (N-methyl/N-ethyl adjacent to an activating group) is 1. The Kier molecular flexibility index (Phi) is 5.05. The molecule has 0 radical (unpaired) electrons. The predicted octanol–water partition coefficient (Wildman–Crippen LogP) is 0.622. The molecule has 1 amide bonds. The Morgan fingerprint density at radius 2 is 2.33 bits per heavy atom. The molecule has 1 heterocycles. The van der Waals surface area contributed by atoms with Gasteiger partial charge in [-0.15, -0.1) is 0 Å². The number of carbonyl (C=O) groups excluding carboxylic acids is 1. The molecule has 88 valence electrons. The van der Waals surface area contributed by atoms with E-state index >= 15 is 0 Å². The van der Waals surface area contributed by atoms with Crippen LogP contribution in [-0.2, 0) is 9.53 Å². The van der Waals surface area contributed by atoms with E-state index in [9.17, 15) is 4.79 Å². The smallest absolute Gasteiger partial charge is 0.251 e. The van der Waals surface area contributed by atoms with Gasteiger partial charge in [-0.25, -0.2) is 0 Å². The van der Waals surface area contributed by atoms with E-state index in [1.54, 1.807) is 4.90 Å². The molecule has 1 saturated heterocycles. The first-order valence-electron chi connectivity index (χ1n) is 5.71. The molecule has 0 saturated carbocycles. The number of carbonyl (C=O) groups is 1. The standard InChI is InChI=1S/C11H22N2O2/c1-9(2)12-6-4-8-15-10-5-7-13(3)11(10)14/h9-10,12H,4-8H2,1-3H3. The molecule has 0 bridgehead atoms. The van der Waals surface area contributed by atoms with E-state index < -0.39 is 0 Å². The average Bonchev–Trinajstić information content (AvgIpc) is 2.48. The van der Waals surface area contributed by atoms with E-state index in [-0.39, 0.29) is 12.0 Å². The Hall–Kier alpha value is -0.610. The van der Waals surface area contributed by atoms with Crippen molar-refractivity contribution in [3.63, 3.8) is 0 Å². The van der Waals surface area contributed by atoms with Crippen LogP contribution in [0, 0.1) is 0 Å². The van der Waals surface area contributed by atoms with Crippen LogP contribution in [0.5, 0.6) is 0 Å². The minimum atomic E-state index is -0.186. The van der Waals surface area contributed by atoms with Crippen molar-refractivity contribution in [3.05, 3.63) is 0 Å². The lowest BCUT2D eigenvalue weighted by molar-refractivity contribution is -0.136. The van der Waals surface area contributed by atoms with Crippen molar-refractivity contribution in [2.75, 3.05) is 26.7 Å². The third kappa shape index (κ3) is 4.18. The molecule has 0 aromatic heterocycles. The minimum Gasteiger partial charge on any atom is -0.368 e. The van der Waals surface area contributed by atoms with E-state index in [4.69, 9.17) is 4.74 Å². The Balaban J connectivity index is 2.03. The van der Waals surface area contributed by atoms with Gasteiger partial charge in [0.25, 0.3) is 5.91 Å². The van der Waals surface area contributed by atoms with Gasteiger partial charge in [0.05, 0.1) is 0 Å². The molecule has 1 rings (SSSR count). The molecule has 1 fully saturated rings. The highest BCUT2D eigenvalue weighted by Crippen LogP contribution is 2.12. The molecule has 15 heavy (non-hydrogen) atoms. The number of ether oxygens (including phenoxy) is 1. The molecule has 4 nitrogen and oxygen atoms in total. The Labute approximate surface area is 92.0 Å². The largest absolute Gasteiger partial charge is 0.368 e. The first-order valence-corrected chi connectivity index (χ1v) is 5.71. The fourth-order valence-corrected chi connectivity index (χ4v) is 1.63. The van der Waals surface area contributed by atoms with Gasteiger partial charge in [0.1, 0.15) is 6.10 Å². The fourth-order valence-electron chi connectivity index (χ4n) is 1.63. The van der Waals surface area contributed by atoms with Gasteiger partial charge in [-0.2, -0.15) is 0 Å². The molecule has 0 aromatic carbocycles. The molecular weight excluding hydrogens is 192 g/mol. The first-order chi connectivity index (χ1) is 7.11. The highest BCUT2D eigenvalue weighted by Gasteiger charge is 2.29. The Morgan fingerprint density at radius 3 is 2.87 bits per heavy atom. The summed E-state index contributed by atoms with van der Waals surface area (Å²) in [6.07, 6.45) is 1.62. The number of amides is 1. The third-order valence-electron chi connectivity index (χ3n) is 2.57. The van der Waals surface area contributed by atoms with E-state index in [0.29, 0.717) is 12.6 Å². The highest BCUT2D eigenvalue weighted by atomic mass is 16.5. The van der Waals surface area contributed by atoms with Gasteiger partial charge >= 0.3 is 0 Å². The third-order valence-corrected chi connectivity index (χ3v) is 2.57. The molecule has 1 atom stereocenters. The summed E-state index contributed by atoms with van der Waals surface area (Å²) in [5, 5.41) is 3.32. The van der Waals surface area contributed by atoms with Crippen LogP contribution in [0.4, 0.5) is 0 Å². The van der Waals surface area contributed by atoms with Gasteiger partial charge in [-0.05, 0) is 13.0 Å². The number of nitrogens with one attached hydrogen (secondary N) is 1. The van der Waals surface area contributed by atoms with Crippen LogP contribution in [0.2, 0.25) is 0 Å². The fraction of sp³-hybridized carbons (Fsp3) is 0.909. The summed E-state index contributed by atoms with van der Waals surface area (Å²) in [5.74, 6) is 0.131. The summed E-state index contributed by atoms with van der Waals surface area (Å²) in [6.45, 7) is 6.69. The van der Waals surface area contributed by atoms with E-state index in [0.717, 1.165) is 25.9 Å². The zero-order chi connectivity index (χ0) is 11.3. The molecule has 1 unspecified atom stereocenters. The van der Waals surface area contributed by atoms with Crippen LogP contribution >= 0.6 is 0 Å². The summed E-state index contributed by atoms with van der Waals surface area (Å²) in [4.78, 5) is 13.2. The predicted molar refractivity (Wildman–Crippen MR) is 59.7 cm³/mol. The van der Waals surface area contributed by atoms with Crippen molar-refractivity contribution in [2.45, 2.75) is 38.8 Å². The lowest BCUT2D eigenvalue weighted by Gasteiger charge is -2.12. The van der Waals surface area contributed by atoms with Crippen molar-refractivity contribution in [2.24, 2.45) is 0 Å². The lowest BCUT2D eigenvalue weighted by Crippen LogP contribution is -2.29. The molecular formula is C11H22N2O2. The van der Waals surface area contributed by atoms with Gasteiger partial charge in [0, 0.05) is 32.7 Å². The quantitative estimate of drug-likeness (QED) is 0.659. The van der Waals surface area contributed by atoms with Crippen LogP contribution in [0.3, 0.4) is 0 Å². The maximum absolute atomic E-state index is 11.5. The average molecular weight is 214 g/mol. The normalized spacial score (nSPS) is 21.7. The second kappa shape index (κ2) is 6.08. The van der Waals surface area contributed by atoms with Crippen molar-refractivity contribution in [1.29, 1.82) is 0 Å². The monoisotopic (exact) mass is 214 g/mol. The molecule has 4 heteroatoms. The molecule has 1 aliphatic rings. The summed E-state index contributed by atoms with van der Waals surface area (Å²) in [6, 6.07) is 0.518. The Bertz CT molecular complexity index is 207. The van der Waals surface area contributed by atoms with Crippen LogP contribution < -0.4 is 5.32 Å². The van der Waals surface area contributed by atoms with Crippen molar-refractivity contribution < 1.29 is 9.53 Å². The van der Waals surface area contributed by atoms with E-state index in [2.05, 4.69) is 19.2 Å². The number of hydrogen-bond donors (Lipinski definition) is 1.